The van der Waals surface area contributed by atoms with Crippen molar-refractivity contribution in [1.29, 1.82) is 0 Å². The van der Waals surface area contributed by atoms with E-state index in [1.165, 1.54) is 11.3 Å². The number of hydrogen-bond donors (Lipinski definition) is 2. The van der Waals surface area contributed by atoms with E-state index in [-0.39, 0.29) is 5.75 Å². The van der Waals surface area contributed by atoms with Crippen LogP contribution in [-0.2, 0) is 0 Å². The van der Waals surface area contributed by atoms with E-state index >= 15 is 0 Å². The number of nitrogens with zero attached hydrogens (tertiary/aromatic N) is 1. The SMILES string of the molecule is CNc1ccc(C#C/C=C/c2ncccc(O)ccs2)c(C)c1. The summed E-state index contributed by atoms with van der Waals surface area (Å²) in [6, 6.07) is 11.0. The van der Waals surface area contributed by atoms with Gasteiger partial charge in [0.1, 0.15) is 10.8 Å². The second-order valence-electron chi connectivity index (χ2n) is 4.70. The first-order chi connectivity index (χ1) is 11.2. The molecule has 0 spiro atoms. The van der Waals surface area contributed by atoms with Crippen molar-refractivity contribution in [2.75, 3.05) is 12.4 Å². The monoisotopic (exact) mass is 322 g/mol. The van der Waals surface area contributed by atoms with Gasteiger partial charge < -0.3 is 10.4 Å². The maximum atomic E-state index is 9.44. The molecular formula is C19H18N2OS. The molecule has 116 valence electrons. The summed E-state index contributed by atoms with van der Waals surface area (Å²) in [5, 5.41) is 15.1. The molecule has 2 rings (SSSR count). The lowest BCUT2D eigenvalue weighted by Gasteiger charge is -2.02. The molecule has 0 saturated carbocycles. The van der Waals surface area contributed by atoms with E-state index in [0.29, 0.717) is 0 Å². The molecule has 0 aliphatic heterocycles. The fourth-order valence-electron chi connectivity index (χ4n) is 1.79. The molecule has 1 heterocycles. The molecule has 0 unspecified atom stereocenters. The van der Waals surface area contributed by atoms with Crippen molar-refractivity contribution in [3.8, 4) is 17.6 Å². The Morgan fingerprint density at radius 1 is 1.26 bits per heavy atom. The largest absolute Gasteiger partial charge is 0.508 e. The number of nitrogens with one attached hydrogen (secondary N) is 1. The van der Waals surface area contributed by atoms with Gasteiger partial charge in [-0.15, -0.1) is 11.3 Å². The molecule has 23 heavy (non-hydrogen) atoms. The van der Waals surface area contributed by atoms with Crippen LogP contribution in [0.5, 0.6) is 5.75 Å². The van der Waals surface area contributed by atoms with Crippen LogP contribution in [0.2, 0.25) is 0 Å². The van der Waals surface area contributed by atoms with Crippen LogP contribution in [0.15, 0.2) is 54.1 Å². The van der Waals surface area contributed by atoms with Crippen LogP contribution in [0.4, 0.5) is 5.69 Å². The average molecular weight is 322 g/mol. The van der Waals surface area contributed by atoms with Crippen molar-refractivity contribution in [3.05, 3.63) is 70.2 Å². The minimum atomic E-state index is 0.203. The fraction of sp³-hybridized carbons (Fsp3) is 0.105. The molecule has 0 radical (unpaired) electrons. The zero-order valence-electron chi connectivity index (χ0n) is 13.1. The van der Waals surface area contributed by atoms with E-state index in [1.807, 2.05) is 32.2 Å². The molecule has 0 atom stereocenters. The molecule has 1 aromatic carbocycles. The summed E-state index contributed by atoms with van der Waals surface area (Å²) in [4.78, 5) is 4.29. The van der Waals surface area contributed by atoms with Crippen LogP contribution < -0.4 is 5.32 Å². The summed E-state index contributed by atoms with van der Waals surface area (Å²) in [5.41, 5.74) is 3.22. The maximum Gasteiger partial charge on any atom is 0.116 e. The number of aromatic nitrogens is 1. The third kappa shape index (κ3) is 5.50. The number of aromatic hydroxyl groups is 1. The van der Waals surface area contributed by atoms with Gasteiger partial charge in [-0.2, -0.15) is 0 Å². The highest BCUT2D eigenvalue weighted by molar-refractivity contribution is 7.10. The maximum absolute atomic E-state index is 9.44. The lowest BCUT2D eigenvalue weighted by atomic mass is 10.1. The van der Waals surface area contributed by atoms with Crippen LogP contribution in [0.3, 0.4) is 0 Å². The van der Waals surface area contributed by atoms with Gasteiger partial charge >= 0.3 is 0 Å². The minimum Gasteiger partial charge on any atom is -0.508 e. The Hall–Kier alpha value is -2.77. The molecule has 2 aromatic rings. The highest BCUT2D eigenvalue weighted by atomic mass is 32.1. The molecule has 0 aliphatic rings. The van der Waals surface area contributed by atoms with Gasteiger partial charge in [0.15, 0.2) is 0 Å². The molecule has 0 fully saturated rings. The standard InChI is InChI=1S/C19H18N2OS/c1-15-14-17(20-2)10-9-16(15)6-3-4-8-19-21-12-5-7-18(22)11-13-23-19/h4-5,7-14,20,22H,1-2H3/b8-4+,12-5?,13-11?,18-7?,21-19?. The number of benzene rings is 1. The minimum absolute atomic E-state index is 0.203. The predicted molar refractivity (Wildman–Crippen MR) is 98.0 cm³/mol. The normalized spacial score (nSPS) is 9.83. The van der Waals surface area contributed by atoms with Gasteiger partial charge in [-0.3, -0.25) is 0 Å². The molecule has 2 N–H and O–H groups in total. The summed E-state index contributed by atoms with van der Waals surface area (Å²) in [7, 11) is 1.90. The van der Waals surface area contributed by atoms with Gasteiger partial charge in [0, 0.05) is 24.5 Å². The Balaban J connectivity index is 2.17. The Labute approximate surface area is 140 Å². The molecule has 0 bridgehead atoms. The first-order valence-corrected chi connectivity index (χ1v) is 8.00. The van der Waals surface area contributed by atoms with Crippen LogP contribution >= 0.6 is 11.3 Å². The molecule has 4 heteroatoms. The van der Waals surface area contributed by atoms with Gasteiger partial charge in [0.05, 0.1) is 0 Å². The topological polar surface area (TPSA) is 45.2 Å². The van der Waals surface area contributed by atoms with Crippen molar-refractivity contribution >= 4 is 23.1 Å². The Bertz CT molecular complexity index is 811. The van der Waals surface area contributed by atoms with E-state index in [1.54, 1.807) is 35.9 Å². The number of allylic oxidation sites excluding steroid dienone is 1. The van der Waals surface area contributed by atoms with Crippen molar-refractivity contribution in [2.24, 2.45) is 0 Å². The van der Waals surface area contributed by atoms with E-state index in [0.717, 1.165) is 21.8 Å². The first kappa shape index (κ1) is 16.6. The smallest absolute Gasteiger partial charge is 0.116 e. The van der Waals surface area contributed by atoms with Crippen molar-refractivity contribution < 1.29 is 5.11 Å². The molecular weight excluding hydrogens is 304 g/mol. The summed E-state index contributed by atoms with van der Waals surface area (Å²) < 4.78 is 0. The lowest BCUT2D eigenvalue weighted by molar-refractivity contribution is 0.476. The van der Waals surface area contributed by atoms with Crippen molar-refractivity contribution in [2.45, 2.75) is 6.92 Å². The van der Waals surface area contributed by atoms with Gasteiger partial charge in [0.2, 0.25) is 0 Å². The van der Waals surface area contributed by atoms with E-state index in [4.69, 9.17) is 0 Å². The Morgan fingerprint density at radius 2 is 2.13 bits per heavy atom. The average Bonchev–Trinajstić information content (AvgIpc) is 2.65. The van der Waals surface area contributed by atoms with Crippen LogP contribution in [-0.4, -0.2) is 17.1 Å². The fourth-order valence-corrected chi connectivity index (χ4v) is 2.41. The number of aryl methyl sites for hydroxylation is 1. The summed E-state index contributed by atoms with van der Waals surface area (Å²) in [6.07, 6.45) is 5.28. The molecule has 0 amide bonds. The molecule has 0 saturated heterocycles. The Kier molecular flexibility index (Phi) is 6.22. The third-order valence-electron chi connectivity index (χ3n) is 3.01. The first-order valence-electron chi connectivity index (χ1n) is 7.12. The summed E-state index contributed by atoms with van der Waals surface area (Å²) >= 11 is 1.42. The molecule has 0 aliphatic carbocycles. The van der Waals surface area contributed by atoms with Crippen LogP contribution in [0.1, 0.15) is 16.1 Å². The second-order valence-corrected chi connectivity index (χ2v) is 5.63. The van der Waals surface area contributed by atoms with Crippen LogP contribution in [0.25, 0.3) is 6.08 Å². The predicted octanol–water partition coefficient (Wildman–Crippen LogP) is 4.39. The quantitative estimate of drug-likeness (QED) is 0.806. The second kappa shape index (κ2) is 8.62. The third-order valence-corrected chi connectivity index (χ3v) is 3.77. The van der Waals surface area contributed by atoms with Gasteiger partial charge in [-0.05, 0) is 66.4 Å². The van der Waals surface area contributed by atoms with E-state index in [9.17, 15) is 5.11 Å². The highest BCUT2D eigenvalue weighted by Crippen LogP contribution is 2.13. The summed E-state index contributed by atoms with van der Waals surface area (Å²) in [6.45, 7) is 2.04. The number of anilines is 1. The highest BCUT2D eigenvalue weighted by Gasteiger charge is 1.95. The lowest BCUT2D eigenvalue weighted by Crippen LogP contribution is -1.89. The van der Waals surface area contributed by atoms with Gasteiger partial charge in [-0.1, -0.05) is 11.8 Å². The zero-order valence-corrected chi connectivity index (χ0v) is 13.9. The van der Waals surface area contributed by atoms with Crippen molar-refractivity contribution in [1.82, 2.24) is 4.98 Å². The summed E-state index contributed by atoms with van der Waals surface area (Å²) in [5.74, 6) is 6.37. The van der Waals surface area contributed by atoms with Gasteiger partial charge in [-0.25, -0.2) is 4.98 Å². The number of hydrogen-bond acceptors (Lipinski definition) is 4. The Morgan fingerprint density at radius 3 is 2.91 bits per heavy atom. The van der Waals surface area contributed by atoms with Gasteiger partial charge in [0.25, 0.3) is 0 Å². The number of rotatable bonds is 2. The molecule has 1 aromatic heterocycles. The van der Waals surface area contributed by atoms with Crippen LogP contribution in [0, 0.1) is 18.8 Å². The molecule has 3 nitrogen and oxygen atoms in total. The zero-order chi connectivity index (χ0) is 16.5. The van der Waals surface area contributed by atoms with E-state index < -0.39 is 0 Å². The van der Waals surface area contributed by atoms with Crippen molar-refractivity contribution in [3.63, 3.8) is 0 Å². The van der Waals surface area contributed by atoms with E-state index in [2.05, 4.69) is 28.2 Å².